The second kappa shape index (κ2) is 10.7. The lowest BCUT2D eigenvalue weighted by Gasteiger charge is -2.33. The van der Waals surface area contributed by atoms with E-state index < -0.39 is 24.8 Å². The molecule has 3 heterocycles. The Morgan fingerprint density at radius 1 is 1.29 bits per heavy atom. The van der Waals surface area contributed by atoms with Gasteiger partial charge in [-0.25, -0.2) is 9.37 Å². The number of pyridine rings is 1. The maximum Gasteiger partial charge on any atom is 0.393 e. The Bertz CT molecular complexity index is 1230. The predicted octanol–water partition coefficient (Wildman–Crippen LogP) is 5.13. The number of benzene rings is 1. The Balaban J connectivity index is 1.62. The molecule has 1 fully saturated rings. The van der Waals surface area contributed by atoms with Crippen LogP contribution >= 0.6 is 11.3 Å². The van der Waals surface area contributed by atoms with Gasteiger partial charge in [0.1, 0.15) is 6.17 Å². The van der Waals surface area contributed by atoms with E-state index >= 15 is 0 Å². The molecule has 1 saturated heterocycles. The Labute approximate surface area is 205 Å². The summed E-state index contributed by atoms with van der Waals surface area (Å²) in [7, 11) is 3.35. The molecule has 2 aromatic heterocycles. The summed E-state index contributed by atoms with van der Waals surface area (Å²) in [5, 5.41) is 6.78. The number of nitrogens with one attached hydrogen (secondary N) is 2. The van der Waals surface area contributed by atoms with Crippen LogP contribution in [0.15, 0.2) is 30.3 Å². The van der Waals surface area contributed by atoms with Crippen LogP contribution in [0.5, 0.6) is 5.88 Å². The number of nitrogens with zero attached hydrogens (tertiary/aromatic N) is 2. The highest BCUT2D eigenvalue weighted by Crippen LogP contribution is 2.39. The maximum atomic E-state index is 14.6. The van der Waals surface area contributed by atoms with Gasteiger partial charge < -0.3 is 20.3 Å². The first kappa shape index (κ1) is 25.1. The average Bonchev–Trinajstić information content (AvgIpc) is 3.15. The number of hydrogen-bond donors (Lipinski definition) is 2. The van der Waals surface area contributed by atoms with Crippen molar-refractivity contribution < 1.29 is 22.3 Å². The van der Waals surface area contributed by atoms with E-state index in [1.165, 1.54) is 18.4 Å². The number of alkyl halides is 4. The molecular weight excluding hydrogens is 480 g/mol. The highest BCUT2D eigenvalue weighted by atomic mass is 32.1. The van der Waals surface area contributed by atoms with Crippen LogP contribution in [0.2, 0.25) is 0 Å². The maximum absolute atomic E-state index is 14.6. The van der Waals surface area contributed by atoms with Gasteiger partial charge in [-0.1, -0.05) is 24.0 Å². The fourth-order valence-corrected chi connectivity index (χ4v) is 5.25. The Morgan fingerprint density at radius 2 is 2.11 bits per heavy atom. The smallest absolute Gasteiger partial charge is 0.393 e. The molecule has 3 aromatic rings. The average molecular weight is 506 g/mol. The predicted molar refractivity (Wildman–Crippen MR) is 131 cm³/mol. The number of anilines is 2. The van der Waals surface area contributed by atoms with Gasteiger partial charge in [0.2, 0.25) is 5.88 Å². The molecule has 5 nitrogen and oxygen atoms in total. The summed E-state index contributed by atoms with van der Waals surface area (Å²) < 4.78 is 60.7. The standard InChI is InChI=1S/C25H25F4N4OS/c1-33-13-10-19(18(26)15-33)32-20-7-3-6-16-17(14-25(27,28)29)22(35-23(16)20)9-5-11-30-21-8-4-12-31-24(21)34-2/h3-4,6-8,18-19,30,32H,10-11,13-15H2,1-2H3/t18-,19+/m0/s1. The summed E-state index contributed by atoms with van der Waals surface area (Å²) in [5.41, 5.74) is 1.39. The number of piperidine rings is 1. The number of hydrogen-bond acceptors (Lipinski definition) is 6. The monoisotopic (exact) mass is 505 g/mol. The minimum absolute atomic E-state index is 0.141. The van der Waals surface area contributed by atoms with E-state index in [0.29, 0.717) is 45.2 Å². The summed E-state index contributed by atoms with van der Waals surface area (Å²) in [6.07, 6.45) is -3.25. The van der Waals surface area contributed by atoms with Crippen molar-refractivity contribution >= 4 is 32.8 Å². The van der Waals surface area contributed by atoms with E-state index in [0.717, 1.165) is 6.54 Å². The van der Waals surface area contributed by atoms with Gasteiger partial charge in [-0.2, -0.15) is 13.2 Å². The zero-order chi connectivity index (χ0) is 25.0. The molecule has 1 aliphatic heterocycles. The number of thiophene rings is 1. The third-order valence-corrected chi connectivity index (χ3v) is 6.96. The van der Waals surface area contributed by atoms with Gasteiger partial charge in [0, 0.05) is 13.1 Å². The van der Waals surface area contributed by atoms with E-state index in [-0.39, 0.29) is 12.1 Å². The first-order valence-electron chi connectivity index (χ1n) is 11.1. The van der Waals surface area contributed by atoms with Gasteiger partial charge in [-0.3, -0.25) is 0 Å². The zero-order valence-electron chi connectivity index (χ0n) is 19.3. The molecule has 0 spiro atoms. The number of halogens is 4. The molecule has 0 unspecified atom stereocenters. The third-order valence-electron chi connectivity index (χ3n) is 5.76. The normalized spacial score (nSPS) is 18.7. The molecule has 2 atom stereocenters. The number of ether oxygens (including phenoxy) is 1. The second-order valence-electron chi connectivity index (χ2n) is 8.35. The van der Waals surface area contributed by atoms with Crippen LogP contribution in [0.4, 0.5) is 28.9 Å². The van der Waals surface area contributed by atoms with Crippen molar-refractivity contribution in [3.63, 3.8) is 0 Å². The lowest BCUT2D eigenvalue weighted by Crippen LogP contribution is -2.46. The van der Waals surface area contributed by atoms with Crippen LogP contribution in [-0.2, 0) is 6.42 Å². The van der Waals surface area contributed by atoms with Crippen molar-refractivity contribution in [1.29, 1.82) is 0 Å². The van der Waals surface area contributed by atoms with Gasteiger partial charge in [-0.15, -0.1) is 11.3 Å². The Kier molecular flexibility index (Phi) is 7.67. The van der Waals surface area contributed by atoms with Gasteiger partial charge in [0.15, 0.2) is 0 Å². The van der Waals surface area contributed by atoms with E-state index in [1.54, 1.807) is 30.3 Å². The minimum atomic E-state index is -4.39. The third kappa shape index (κ3) is 6.16. The molecule has 0 saturated carbocycles. The van der Waals surface area contributed by atoms with Gasteiger partial charge in [-0.05, 0) is 42.6 Å². The first-order valence-corrected chi connectivity index (χ1v) is 11.9. The number of fused-ring (bicyclic) bond motifs is 1. The second-order valence-corrected chi connectivity index (χ2v) is 9.37. The molecule has 10 heteroatoms. The molecule has 1 radical (unpaired) electrons. The van der Waals surface area contributed by atoms with Crippen molar-refractivity contribution in [2.45, 2.75) is 31.2 Å². The highest BCUT2D eigenvalue weighted by molar-refractivity contribution is 7.20. The van der Waals surface area contributed by atoms with E-state index in [4.69, 9.17) is 4.74 Å². The number of rotatable bonds is 6. The lowest BCUT2D eigenvalue weighted by molar-refractivity contribution is -0.126. The van der Waals surface area contributed by atoms with Crippen molar-refractivity contribution in [2.75, 3.05) is 44.4 Å². The van der Waals surface area contributed by atoms with Crippen molar-refractivity contribution in [1.82, 2.24) is 9.88 Å². The number of aromatic nitrogens is 1. The fraction of sp³-hybridized carbons (Fsp3) is 0.400. The SMILES string of the molecule is COc1n[c]ccc1NCC#Cc1sc2c(N[C@@H]3CCN(C)C[C@@H]3F)cccc2c1CC(F)(F)F. The Hall–Kier alpha value is -3.03. The topological polar surface area (TPSA) is 49.4 Å². The van der Waals surface area contributed by atoms with Crippen molar-refractivity contribution in [3.05, 3.63) is 47.0 Å². The Morgan fingerprint density at radius 3 is 2.86 bits per heavy atom. The van der Waals surface area contributed by atoms with Crippen LogP contribution in [0.3, 0.4) is 0 Å². The molecule has 185 valence electrons. The molecule has 0 amide bonds. The number of methoxy groups -OCH3 is 1. The van der Waals surface area contributed by atoms with E-state index in [1.807, 2.05) is 11.9 Å². The van der Waals surface area contributed by atoms with Crippen LogP contribution in [0.25, 0.3) is 10.1 Å². The van der Waals surface area contributed by atoms with E-state index in [9.17, 15) is 17.6 Å². The minimum Gasteiger partial charge on any atom is -0.480 e. The molecule has 2 N–H and O–H groups in total. The molecule has 35 heavy (non-hydrogen) atoms. The summed E-state index contributed by atoms with van der Waals surface area (Å²) in [6, 6.07) is 8.10. The molecule has 1 aliphatic rings. The van der Waals surface area contributed by atoms with Gasteiger partial charge >= 0.3 is 6.18 Å². The molecular formula is C25H25F4N4OS. The van der Waals surface area contributed by atoms with Crippen LogP contribution in [0, 0.1) is 18.0 Å². The first-order chi connectivity index (χ1) is 16.7. The van der Waals surface area contributed by atoms with Crippen molar-refractivity contribution in [3.8, 4) is 17.7 Å². The summed E-state index contributed by atoms with van der Waals surface area (Å²) >= 11 is 1.20. The molecule has 0 bridgehead atoms. The molecule has 4 rings (SSSR count). The zero-order valence-corrected chi connectivity index (χ0v) is 20.1. The van der Waals surface area contributed by atoms with E-state index in [2.05, 4.69) is 33.7 Å². The summed E-state index contributed by atoms with van der Waals surface area (Å²) in [6.45, 7) is 1.26. The van der Waals surface area contributed by atoms with Crippen molar-refractivity contribution in [2.24, 2.45) is 0 Å². The number of likely N-dealkylation sites (tertiary alicyclic amines) is 1. The van der Waals surface area contributed by atoms with Crippen LogP contribution in [0.1, 0.15) is 16.9 Å². The van der Waals surface area contributed by atoms with Gasteiger partial charge in [0.05, 0.1) is 53.3 Å². The van der Waals surface area contributed by atoms with Crippen LogP contribution < -0.4 is 15.4 Å². The lowest BCUT2D eigenvalue weighted by atomic mass is 10.0. The largest absolute Gasteiger partial charge is 0.480 e. The summed E-state index contributed by atoms with van der Waals surface area (Å²) in [5.74, 6) is 6.16. The fourth-order valence-electron chi connectivity index (χ4n) is 4.08. The summed E-state index contributed by atoms with van der Waals surface area (Å²) in [4.78, 5) is 6.24. The quantitative estimate of drug-likeness (QED) is 0.360. The molecule has 0 aliphatic carbocycles. The highest BCUT2D eigenvalue weighted by Gasteiger charge is 2.32. The molecule has 1 aromatic carbocycles. The van der Waals surface area contributed by atoms with Gasteiger partial charge in [0.25, 0.3) is 0 Å². The van der Waals surface area contributed by atoms with Crippen LogP contribution in [-0.4, -0.2) is 62.1 Å².